The fourth-order valence-electron chi connectivity index (χ4n) is 2.06. The molecule has 0 fully saturated rings. The molecule has 0 saturated heterocycles. The molecule has 0 aliphatic carbocycles. The number of rotatable bonds is 5. The Hall–Kier alpha value is -2.48. The van der Waals surface area contributed by atoms with Gasteiger partial charge in [-0.3, -0.25) is 15.1 Å². The Morgan fingerprint density at radius 1 is 1.28 bits per heavy atom. The molecular formula is C17H13BrCl2F2N6O. The van der Waals surface area contributed by atoms with Crippen LogP contribution in [0.25, 0.3) is 0 Å². The van der Waals surface area contributed by atoms with Gasteiger partial charge in [0.1, 0.15) is 11.6 Å². The van der Waals surface area contributed by atoms with Crippen molar-refractivity contribution in [1.82, 2.24) is 15.6 Å². The Bertz CT molecular complexity index is 957. The molecule has 0 aliphatic rings. The monoisotopic (exact) mass is 504 g/mol. The van der Waals surface area contributed by atoms with Gasteiger partial charge in [-0.25, -0.2) is 13.8 Å². The molecule has 1 heterocycles. The van der Waals surface area contributed by atoms with Gasteiger partial charge in [-0.15, -0.1) is 0 Å². The zero-order valence-corrected chi connectivity index (χ0v) is 17.8. The van der Waals surface area contributed by atoms with Crippen molar-refractivity contribution >= 4 is 56.7 Å². The number of carbonyl (C=O) groups excluding carboxylic acids is 1. The second-order valence-electron chi connectivity index (χ2n) is 5.72. The first-order chi connectivity index (χ1) is 13.6. The summed E-state index contributed by atoms with van der Waals surface area (Å²) in [6.07, 6.45) is 3.40. The van der Waals surface area contributed by atoms with E-state index in [1.807, 2.05) is 0 Å². The standard InChI is InChI=1S/C17H13BrCl2F2N6O/c1-17(19,20)15(27-14(29)9-2-11(21)5-12(22)3-9)28-16(25-8-23)26-13-4-10(18)6-24-7-13/h2-7,15H,1H3,(H,27,29)(H2,25,26,28). The zero-order valence-electron chi connectivity index (χ0n) is 14.7. The molecule has 29 heavy (non-hydrogen) atoms. The molecule has 1 unspecified atom stereocenters. The van der Waals surface area contributed by atoms with E-state index in [0.717, 1.165) is 12.1 Å². The molecule has 1 amide bonds. The van der Waals surface area contributed by atoms with Gasteiger partial charge in [-0.05, 0) is 41.1 Å². The Morgan fingerprint density at radius 3 is 2.48 bits per heavy atom. The average molecular weight is 506 g/mol. The fraction of sp³-hybridized carbons (Fsp3) is 0.176. The molecule has 0 bridgehead atoms. The summed E-state index contributed by atoms with van der Waals surface area (Å²) < 4.78 is 25.8. The van der Waals surface area contributed by atoms with E-state index >= 15 is 0 Å². The summed E-state index contributed by atoms with van der Waals surface area (Å²) in [5.41, 5.74) is 0.170. The van der Waals surface area contributed by atoms with Crippen LogP contribution in [0.1, 0.15) is 17.3 Å². The van der Waals surface area contributed by atoms with Crippen molar-refractivity contribution in [1.29, 1.82) is 5.26 Å². The Balaban J connectivity index is 2.31. The smallest absolute Gasteiger partial charge is 0.253 e. The predicted molar refractivity (Wildman–Crippen MR) is 109 cm³/mol. The molecule has 1 aromatic heterocycles. The number of pyridine rings is 1. The summed E-state index contributed by atoms with van der Waals surface area (Å²) in [6.45, 7) is 1.35. The maximum Gasteiger partial charge on any atom is 0.253 e. The number of nitrogens with one attached hydrogen (secondary N) is 3. The van der Waals surface area contributed by atoms with Crippen LogP contribution in [0.2, 0.25) is 0 Å². The van der Waals surface area contributed by atoms with Crippen molar-refractivity contribution in [3.05, 3.63) is 58.3 Å². The topological polar surface area (TPSA) is 102 Å². The molecule has 7 nitrogen and oxygen atoms in total. The minimum Gasteiger partial charge on any atom is -0.328 e. The van der Waals surface area contributed by atoms with E-state index in [4.69, 9.17) is 28.5 Å². The third-order valence-electron chi connectivity index (χ3n) is 3.27. The number of anilines is 1. The number of hydrogen-bond acceptors (Lipinski definition) is 4. The number of alkyl halides is 2. The number of aromatic nitrogens is 1. The van der Waals surface area contributed by atoms with Gasteiger partial charge in [0, 0.05) is 22.3 Å². The van der Waals surface area contributed by atoms with Crippen LogP contribution in [0.4, 0.5) is 14.5 Å². The molecule has 0 saturated carbocycles. The second-order valence-corrected chi connectivity index (χ2v) is 8.40. The quantitative estimate of drug-likeness (QED) is 0.188. The summed E-state index contributed by atoms with van der Waals surface area (Å²) in [7, 11) is 0. The van der Waals surface area contributed by atoms with Gasteiger partial charge in [-0.1, -0.05) is 23.2 Å². The van der Waals surface area contributed by atoms with E-state index in [1.54, 1.807) is 18.5 Å². The number of nitriles is 1. The number of benzene rings is 1. The maximum atomic E-state index is 13.4. The van der Waals surface area contributed by atoms with E-state index < -0.39 is 28.0 Å². The first-order valence-electron chi connectivity index (χ1n) is 7.83. The molecule has 12 heteroatoms. The number of guanidine groups is 1. The van der Waals surface area contributed by atoms with E-state index in [2.05, 4.69) is 41.9 Å². The van der Waals surface area contributed by atoms with Gasteiger partial charge >= 0.3 is 0 Å². The number of amides is 1. The maximum absolute atomic E-state index is 13.4. The fourth-order valence-corrected chi connectivity index (χ4v) is 2.63. The van der Waals surface area contributed by atoms with Crippen molar-refractivity contribution < 1.29 is 13.6 Å². The van der Waals surface area contributed by atoms with Gasteiger partial charge in [0.25, 0.3) is 5.91 Å². The Kier molecular flexibility index (Phi) is 7.73. The van der Waals surface area contributed by atoms with Crippen LogP contribution < -0.4 is 16.0 Å². The molecule has 152 valence electrons. The van der Waals surface area contributed by atoms with Crippen LogP contribution >= 0.6 is 39.1 Å². The molecule has 0 radical (unpaired) electrons. The summed E-state index contributed by atoms with van der Waals surface area (Å²) in [6, 6.07) is 3.98. The molecular weight excluding hydrogens is 493 g/mol. The summed E-state index contributed by atoms with van der Waals surface area (Å²) in [5.74, 6) is -2.82. The van der Waals surface area contributed by atoms with E-state index in [-0.39, 0.29) is 11.5 Å². The lowest BCUT2D eigenvalue weighted by atomic mass is 10.2. The highest BCUT2D eigenvalue weighted by Crippen LogP contribution is 2.26. The first-order valence-corrected chi connectivity index (χ1v) is 9.38. The molecule has 0 aliphatic heterocycles. The van der Waals surface area contributed by atoms with Crippen molar-refractivity contribution in [3.8, 4) is 6.19 Å². The lowest BCUT2D eigenvalue weighted by Crippen LogP contribution is -2.46. The number of halogens is 5. The number of carbonyl (C=O) groups is 1. The molecule has 0 spiro atoms. The molecule has 1 atom stereocenters. The lowest BCUT2D eigenvalue weighted by molar-refractivity contribution is 0.0934. The molecule has 2 aromatic rings. The van der Waals surface area contributed by atoms with Crippen LogP contribution in [0, 0.1) is 23.1 Å². The van der Waals surface area contributed by atoms with Gasteiger partial charge in [0.2, 0.25) is 5.96 Å². The zero-order chi connectivity index (χ0) is 21.6. The summed E-state index contributed by atoms with van der Waals surface area (Å²) in [5, 5.41) is 16.4. The lowest BCUT2D eigenvalue weighted by Gasteiger charge is -2.25. The molecule has 3 N–H and O–H groups in total. The van der Waals surface area contributed by atoms with Crippen molar-refractivity contribution in [2.45, 2.75) is 17.4 Å². The predicted octanol–water partition coefficient (Wildman–Crippen LogP) is 3.91. The van der Waals surface area contributed by atoms with E-state index in [0.29, 0.717) is 16.2 Å². The Labute approximate surface area is 183 Å². The summed E-state index contributed by atoms with van der Waals surface area (Å²) >= 11 is 15.5. The highest BCUT2D eigenvalue weighted by Gasteiger charge is 2.32. The van der Waals surface area contributed by atoms with E-state index in [1.165, 1.54) is 13.1 Å². The van der Waals surface area contributed by atoms with Crippen LogP contribution in [0.5, 0.6) is 0 Å². The Morgan fingerprint density at radius 2 is 1.93 bits per heavy atom. The first kappa shape index (κ1) is 22.8. The summed E-state index contributed by atoms with van der Waals surface area (Å²) in [4.78, 5) is 20.5. The minimum atomic E-state index is -1.64. The van der Waals surface area contributed by atoms with Gasteiger partial charge in [0.15, 0.2) is 16.7 Å². The van der Waals surface area contributed by atoms with Gasteiger partial charge in [-0.2, -0.15) is 5.26 Å². The van der Waals surface area contributed by atoms with Gasteiger partial charge in [0.05, 0.1) is 11.9 Å². The SMILES string of the molecule is CC(Cl)(Cl)C(N=C(NC#N)Nc1cncc(Br)c1)NC(=O)c1cc(F)cc(F)c1. The number of nitrogens with zero attached hydrogens (tertiary/aromatic N) is 3. The van der Waals surface area contributed by atoms with Crippen LogP contribution in [-0.4, -0.2) is 27.3 Å². The third-order valence-corrected chi connectivity index (χ3v) is 4.12. The molecule has 1 aromatic carbocycles. The second kappa shape index (κ2) is 9.82. The van der Waals surface area contributed by atoms with Crippen molar-refractivity contribution in [2.24, 2.45) is 4.99 Å². The highest BCUT2D eigenvalue weighted by molar-refractivity contribution is 9.10. The number of hydrogen-bond donors (Lipinski definition) is 3. The van der Waals surface area contributed by atoms with Crippen LogP contribution in [0.3, 0.4) is 0 Å². The normalized spacial score (nSPS) is 12.7. The van der Waals surface area contributed by atoms with Crippen molar-refractivity contribution in [2.75, 3.05) is 5.32 Å². The van der Waals surface area contributed by atoms with Crippen LogP contribution in [-0.2, 0) is 0 Å². The van der Waals surface area contributed by atoms with Crippen molar-refractivity contribution in [3.63, 3.8) is 0 Å². The van der Waals surface area contributed by atoms with Gasteiger partial charge < -0.3 is 10.6 Å². The minimum absolute atomic E-state index is 0.101. The average Bonchev–Trinajstić information content (AvgIpc) is 2.59. The third kappa shape index (κ3) is 7.12. The highest BCUT2D eigenvalue weighted by atomic mass is 79.9. The molecule has 2 rings (SSSR count). The number of aliphatic imine (C=N–C) groups is 1. The largest absolute Gasteiger partial charge is 0.328 e. The van der Waals surface area contributed by atoms with E-state index in [9.17, 15) is 13.6 Å². The van der Waals surface area contributed by atoms with Crippen LogP contribution in [0.15, 0.2) is 46.1 Å².